The van der Waals surface area contributed by atoms with E-state index >= 15 is 0 Å². The summed E-state index contributed by atoms with van der Waals surface area (Å²) in [5.41, 5.74) is 8.77. The van der Waals surface area contributed by atoms with Gasteiger partial charge >= 0.3 is 0 Å². The van der Waals surface area contributed by atoms with E-state index in [1.165, 1.54) is 0 Å². The van der Waals surface area contributed by atoms with Crippen LogP contribution in [0.1, 0.15) is 33.2 Å². The summed E-state index contributed by atoms with van der Waals surface area (Å²) in [5, 5.41) is 0. The van der Waals surface area contributed by atoms with E-state index in [1.54, 1.807) is 23.1 Å². The van der Waals surface area contributed by atoms with Crippen molar-refractivity contribution in [3.05, 3.63) is 65.2 Å². The predicted molar refractivity (Wildman–Crippen MR) is 86.2 cm³/mol. The van der Waals surface area contributed by atoms with Crippen molar-refractivity contribution in [3.8, 4) is 0 Å². The lowest BCUT2D eigenvalue weighted by Gasteiger charge is -2.38. The molecule has 2 atom stereocenters. The molecule has 1 heterocycles. The third kappa shape index (κ3) is 2.22. The highest BCUT2D eigenvalue weighted by molar-refractivity contribution is 6.15. The molecule has 0 fully saturated rings. The van der Waals surface area contributed by atoms with Crippen LogP contribution in [0.4, 0.5) is 5.69 Å². The first-order valence-corrected chi connectivity index (χ1v) is 7.30. The molecule has 1 aliphatic rings. The van der Waals surface area contributed by atoms with Gasteiger partial charge in [0.15, 0.2) is 5.78 Å². The van der Waals surface area contributed by atoms with E-state index in [4.69, 9.17) is 5.73 Å². The molecule has 2 N–H and O–H groups in total. The first-order chi connectivity index (χ1) is 10.5. The third-order valence-electron chi connectivity index (χ3n) is 4.15. The number of aryl methyl sites for hydroxylation is 1. The molecule has 2 unspecified atom stereocenters. The summed E-state index contributed by atoms with van der Waals surface area (Å²) in [5.74, 6) is -0.246. The number of amides is 1. The number of hydrogen-bond donors (Lipinski definition) is 1. The molecule has 3 rings (SSSR count). The zero-order valence-corrected chi connectivity index (χ0v) is 12.6. The molecular formula is C18H18N2O2. The van der Waals surface area contributed by atoms with E-state index in [-0.39, 0.29) is 17.7 Å². The van der Waals surface area contributed by atoms with Gasteiger partial charge in [-0.15, -0.1) is 0 Å². The van der Waals surface area contributed by atoms with Crippen molar-refractivity contribution in [2.24, 2.45) is 5.73 Å². The second kappa shape index (κ2) is 5.39. The van der Waals surface area contributed by atoms with Crippen LogP contribution in [0.5, 0.6) is 0 Å². The molecule has 4 nitrogen and oxygen atoms in total. The highest BCUT2D eigenvalue weighted by Gasteiger charge is 2.38. The van der Waals surface area contributed by atoms with E-state index in [2.05, 4.69) is 0 Å². The van der Waals surface area contributed by atoms with Crippen molar-refractivity contribution in [2.75, 3.05) is 4.90 Å². The Morgan fingerprint density at radius 3 is 2.50 bits per heavy atom. The Balaban J connectivity index is 2.13. The second-order valence-electron chi connectivity index (χ2n) is 5.69. The molecular weight excluding hydrogens is 276 g/mol. The monoisotopic (exact) mass is 294 g/mol. The van der Waals surface area contributed by atoms with Crippen molar-refractivity contribution in [2.45, 2.75) is 25.9 Å². The molecule has 0 bridgehead atoms. The molecule has 22 heavy (non-hydrogen) atoms. The van der Waals surface area contributed by atoms with Gasteiger partial charge in [0.05, 0.1) is 17.8 Å². The van der Waals surface area contributed by atoms with E-state index < -0.39 is 6.04 Å². The molecule has 0 aliphatic carbocycles. The molecule has 0 aromatic heterocycles. The summed E-state index contributed by atoms with van der Waals surface area (Å²) in [6.07, 6.45) is 0. The van der Waals surface area contributed by atoms with Crippen LogP contribution >= 0.6 is 0 Å². The Hall–Kier alpha value is -2.46. The minimum absolute atomic E-state index is 0.108. The molecule has 0 radical (unpaired) electrons. The zero-order chi connectivity index (χ0) is 15.9. The molecule has 1 aliphatic heterocycles. The quantitative estimate of drug-likeness (QED) is 0.879. The lowest BCUT2D eigenvalue weighted by molar-refractivity contribution is 0.0914. The molecule has 112 valence electrons. The number of hydrogen-bond acceptors (Lipinski definition) is 3. The Morgan fingerprint density at radius 2 is 1.82 bits per heavy atom. The SMILES string of the molecule is Cc1ccc2c(c1)C(=O)C(N)C(C)N2C(=O)c1ccccc1. The topological polar surface area (TPSA) is 63.4 Å². The first-order valence-electron chi connectivity index (χ1n) is 7.30. The largest absolute Gasteiger partial charge is 0.319 e. The fourth-order valence-electron chi connectivity index (χ4n) is 2.85. The van der Waals surface area contributed by atoms with Gasteiger partial charge in [-0.05, 0) is 38.1 Å². The highest BCUT2D eigenvalue weighted by atomic mass is 16.2. The van der Waals surface area contributed by atoms with Gasteiger partial charge < -0.3 is 10.6 Å². The minimum atomic E-state index is -0.707. The second-order valence-corrected chi connectivity index (χ2v) is 5.69. The van der Waals surface area contributed by atoms with E-state index in [1.807, 2.05) is 44.2 Å². The average Bonchev–Trinajstić information content (AvgIpc) is 2.54. The molecule has 0 saturated carbocycles. The third-order valence-corrected chi connectivity index (χ3v) is 4.15. The Bertz CT molecular complexity index is 740. The fraction of sp³-hybridized carbons (Fsp3) is 0.222. The average molecular weight is 294 g/mol. The van der Waals surface area contributed by atoms with Crippen molar-refractivity contribution in [3.63, 3.8) is 0 Å². The van der Waals surface area contributed by atoms with Gasteiger partial charge in [0.2, 0.25) is 0 Å². The summed E-state index contributed by atoms with van der Waals surface area (Å²) in [4.78, 5) is 26.9. The van der Waals surface area contributed by atoms with Gasteiger partial charge in [0.25, 0.3) is 5.91 Å². The summed E-state index contributed by atoms with van der Waals surface area (Å²) in [6.45, 7) is 3.73. The number of nitrogens with zero attached hydrogens (tertiary/aromatic N) is 1. The van der Waals surface area contributed by atoms with Crippen molar-refractivity contribution < 1.29 is 9.59 Å². The fourth-order valence-corrected chi connectivity index (χ4v) is 2.85. The Morgan fingerprint density at radius 1 is 1.14 bits per heavy atom. The van der Waals surface area contributed by atoms with Crippen LogP contribution in [0.25, 0.3) is 0 Å². The summed E-state index contributed by atoms with van der Waals surface area (Å²) >= 11 is 0. The molecule has 2 aromatic carbocycles. The van der Waals surface area contributed by atoms with Gasteiger partial charge in [-0.25, -0.2) is 0 Å². The first kappa shape index (κ1) is 14.5. The maximum Gasteiger partial charge on any atom is 0.258 e. The van der Waals surface area contributed by atoms with Gasteiger partial charge in [-0.3, -0.25) is 9.59 Å². The Labute approximate surface area is 129 Å². The van der Waals surface area contributed by atoms with Gasteiger partial charge in [0, 0.05) is 11.1 Å². The van der Waals surface area contributed by atoms with Crippen LogP contribution in [-0.4, -0.2) is 23.8 Å². The van der Waals surface area contributed by atoms with Crippen molar-refractivity contribution in [1.82, 2.24) is 0 Å². The van der Waals surface area contributed by atoms with E-state index in [9.17, 15) is 9.59 Å². The van der Waals surface area contributed by atoms with Crippen molar-refractivity contribution in [1.29, 1.82) is 0 Å². The highest BCUT2D eigenvalue weighted by Crippen LogP contribution is 2.32. The number of carbonyl (C=O) groups excluding carboxylic acids is 2. The van der Waals surface area contributed by atoms with Crippen LogP contribution < -0.4 is 10.6 Å². The molecule has 0 spiro atoms. The van der Waals surface area contributed by atoms with Crippen LogP contribution in [-0.2, 0) is 0 Å². The number of anilines is 1. The number of Topliss-reactive ketones (excluding diaryl/α,β-unsaturated/α-hetero) is 1. The molecule has 0 saturated heterocycles. The molecule has 4 heteroatoms. The summed E-state index contributed by atoms with van der Waals surface area (Å²) < 4.78 is 0. The minimum Gasteiger partial charge on any atom is -0.319 e. The number of fused-ring (bicyclic) bond motifs is 1. The van der Waals surface area contributed by atoms with Crippen LogP contribution in [0.15, 0.2) is 48.5 Å². The maximum atomic E-state index is 12.9. The van der Waals surface area contributed by atoms with Crippen LogP contribution in [0.2, 0.25) is 0 Å². The number of benzene rings is 2. The summed E-state index contributed by atoms with van der Waals surface area (Å²) in [7, 11) is 0. The Kier molecular flexibility index (Phi) is 3.54. The maximum absolute atomic E-state index is 12.9. The van der Waals surface area contributed by atoms with Gasteiger partial charge in [-0.2, -0.15) is 0 Å². The smallest absolute Gasteiger partial charge is 0.258 e. The lowest BCUT2D eigenvalue weighted by Crippen LogP contribution is -2.56. The number of carbonyl (C=O) groups is 2. The lowest BCUT2D eigenvalue weighted by atomic mass is 9.89. The molecule has 2 aromatic rings. The summed E-state index contributed by atoms with van der Waals surface area (Å²) in [6, 6.07) is 13.5. The molecule has 1 amide bonds. The van der Waals surface area contributed by atoms with Gasteiger partial charge in [0.1, 0.15) is 0 Å². The van der Waals surface area contributed by atoms with E-state index in [0.717, 1.165) is 5.56 Å². The standard InChI is InChI=1S/C18H18N2O2/c1-11-8-9-15-14(10-11)17(21)16(19)12(2)20(15)18(22)13-6-4-3-5-7-13/h3-10,12,16H,19H2,1-2H3. The number of rotatable bonds is 1. The van der Waals surface area contributed by atoms with Gasteiger partial charge in [-0.1, -0.05) is 29.8 Å². The van der Waals surface area contributed by atoms with E-state index in [0.29, 0.717) is 16.8 Å². The predicted octanol–water partition coefficient (Wildman–Crippen LogP) is 2.55. The number of ketones is 1. The number of nitrogens with two attached hydrogens (primary N) is 1. The van der Waals surface area contributed by atoms with Crippen LogP contribution in [0.3, 0.4) is 0 Å². The zero-order valence-electron chi connectivity index (χ0n) is 12.6. The van der Waals surface area contributed by atoms with Crippen molar-refractivity contribution >= 4 is 17.4 Å². The van der Waals surface area contributed by atoms with Crippen LogP contribution in [0, 0.1) is 6.92 Å². The normalized spacial score (nSPS) is 20.7.